The SMILES string of the molecule is COC(=O)c1cc(C#N)c(N2CCCC2)nc1C. The summed E-state index contributed by atoms with van der Waals surface area (Å²) in [6, 6.07) is 3.68. The van der Waals surface area contributed by atoms with E-state index in [1.807, 2.05) is 0 Å². The maximum Gasteiger partial charge on any atom is 0.339 e. The Morgan fingerprint density at radius 1 is 1.50 bits per heavy atom. The number of carbonyl (C=O) groups excluding carboxylic acids is 1. The molecule has 0 spiro atoms. The van der Waals surface area contributed by atoms with E-state index in [9.17, 15) is 10.1 Å². The van der Waals surface area contributed by atoms with E-state index in [1.54, 1.807) is 13.0 Å². The predicted molar refractivity (Wildman–Crippen MR) is 66.5 cm³/mol. The number of nitrogens with zero attached hydrogens (tertiary/aromatic N) is 3. The zero-order valence-corrected chi connectivity index (χ0v) is 10.6. The second kappa shape index (κ2) is 5.05. The van der Waals surface area contributed by atoms with E-state index in [0.29, 0.717) is 22.6 Å². The van der Waals surface area contributed by atoms with Gasteiger partial charge in [0.2, 0.25) is 0 Å². The number of rotatable bonds is 2. The Bertz CT molecular complexity index is 514. The minimum Gasteiger partial charge on any atom is -0.465 e. The maximum absolute atomic E-state index is 11.5. The van der Waals surface area contributed by atoms with Gasteiger partial charge in [0.25, 0.3) is 0 Å². The van der Waals surface area contributed by atoms with Gasteiger partial charge in [-0.3, -0.25) is 0 Å². The van der Waals surface area contributed by atoms with Crippen molar-refractivity contribution < 1.29 is 9.53 Å². The molecule has 2 heterocycles. The van der Waals surface area contributed by atoms with Crippen molar-refractivity contribution in [3.05, 3.63) is 22.9 Å². The zero-order valence-electron chi connectivity index (χ0n) is 10.6. The number of hydrogen-bond donors (Lipinski definition) is 0. The van der Waals surface area contributed by atoms with E-state index in [0.717, 1.165) is 25.9 Å². The molecule has 0 atom stereocenters. The molecule has 0 N–H and O–H groups in total. The standard InChI is InChI=1S/C13H15N3O2/c1-9-11(13(17)18-2)7-10(8-14)12(15-9)16-5-3-4-6-16/h7H,3-6H2,1-2H3. The number of esters is 1. The van der Waals surface area contributed by atoms with Crippen molar-refractivity contribution in [2.75, 3.05) is 25.1 Å². The van der Waals surface area contributed by atoms with Gasteiger partial charge in [0.15, 0.2) is 0 Å². The highest BCUT2D eigenvalue weighted by molar-refractivity contribution is 5.91. The number of methoxy groups -OCH3 is 1. The lowest BCUT2D eigenvalue weighted by Gasteiger charge is -2.19. The summed E-state index contributed by atoms with van der Waals surface area (Å²) in [5, 5.41) is 9.18. The van der Waals surface area contributed by atoms with E-state index in [4.69, 9.17) is 0 Å². The van der Waals surface area contributed by atoms with Crippen molar-refractivity contribution in [1.82, 2.24) is 4.98 Å². The van der Waals surface area contributed by atoms with Crippen molar-refractivity contribution in [3.8, 4) is 6.07 Å². The van der Waals surface area contributed by atoms with Crippen LogP contribution < -0.4 is 4.90 Å². The fourth-order valence-electron chi connectivity index (χ4n) is 2.16. The number of pyridine rings is 1. The van der Waals surface area contributed by atoms with Gasteiger partial charge in [-0.1, -0.05) is 0 Å². The minimum absolute atomic E-state index is 0.358. The molecule has 0 amide bonds. The first kappa shape index (κ1) is 12.4. The van der Waals surface area contributed by atoms with Crippen molar-refractivity contribution in [1.29, 1.82) is 5.26 Å². The third kappa shape index (κ3) is 2.14. The molecule has 18 heavy (non-hydrogen) atoms. The smallest absolute Gasteiger partial charge is 0.339 e. The van der Waals surface area contributed by atoms with E-state index in [2.05, 4.69) is 20.7 Å². The third-order valence-electron chi connectivity index (χ3n) is 3.12. The largest absolute Gasteiger partial charge is 0.465 e. The van der Waals surface area contributed by atoms with Crippen molar-refractivity contribution in [2.24, 2.45) is 0 Å². The van der Waals surface area contributed by atoms with Gasteiger partial charge in [0.05, 0.1) is 23.9 Å². The number of anilines is 1. The van der Waals surface area contributed by atoms with Crippen LogP contribution in [0.4, 0.5) is 5.82 Å². The first-order valence-corrected chi connectivity index (χ1v) is 5.92. The lowest BCUT2D eigenvalue weighted by atomic mass is 10.1. The van der Waals surface area contributed by atoms with Crippen molar-refractivity contribution >= 4 is 11.8 Å². The Morgan fingerprint density at radius 3 is 2.72 bits per heavy atom. The van der Waals surface area contributed by atoms with Crippen LogP contribution in [0.1, 0.15) is 34.5 Å². The number of ether oxygens (including phenoxy) is 1. The highest BCUT2D eigenvalue weighted by Gasteiger charge is 2.21. The summed E-state index contributed by atoms with van der Waals surface area (Å²) < 4.78 is 4.68. The van der Waals surface area contributed by atoms with E-state index >= 15 is 0 Å². The molecular formula is C13H15N3O2. The van der Waals surface area contributed by atoms with Gasteiger partial charge in [0.1, 0.15) is 11.9 Å². The lowest BCUT2D eigenvalue weighted by molar-refractivity contribution is 0.0599. The fourth-order valence-corrected chi connectivity index (χ4v) is 2.16. The second-order valence-electron chi connectivity index (χ2n) is 4.29. The second-order valence-corrected chi connectivity index (χ2v) is 4.29. The monoisotopic (exact) mass is 245 g/mol. The first-order valence-electron chi connectivity index (χ1n) is 5.92. The number of hydrogen-bond acceptors (Lipinski definition) is 5. The Hall–Kier alpha value is -2.09. The van der Waals surface area contributed by atoms with Gasteiger partial charge >= 0.3 is 5.97 Å². The summed E-state index contributed by atoms with van der Waals surface area (Å²) in [5.74, 6) is 0.227. The van der Waals surface area contributed by atoms with Crippen LogP contribution >= 0.6 is 0 Å². The number of carbonyl (C=O) groups is 1. The molecule has 1 aliphatic heterocycles. The molecule has 0 aromatic carbocycles. The number of aromatic nitrogens is 1. The molecule has 1 aromatic rings. The molecule has 1 fully saturated rings. The molecular weight excluding hydrogens is 230 g/mol. The van der Waals surface area contributed by atoms with Crippen molar-refractivity contribution in [3.63, 3.8) is 0 Å². The van der Waals surface area contributed by atoms with Crippen LogP contribution in [-0.4, -0.2) is 31.2 Å². The fraction of sp³-hybridized carbons (Fsp3) is 0.462. The van der Waals surface area contributed by atoms with Crippen LogP contribution in [0.5, 0.6) is 0 Å². The highest BCUT2D eigenvalue weighted by atomic mass is 16.5. The normalized spacial score (nSPS) is 14.4. The Morgan fingerprint density at radius 2 is 2.17 bits per heavy atom. The molecule has 1 aromatic heterocycles. The molecule has 0 unspecified atom stereocenters. The van der Waals surface area contributed by atoms with Crippen LogP contribution in [0.25, 0.3) is 0 Å². The van der Waals surface area contributed by atoms with Crippen LogP contribution in [0.15, 0.2) is 6.07 Å². The van der Waals surface area contributed by atoms with Crippen LogP contribution in [-0.2, 0) is 4.74 Å². The van der Waals surface area contributed by atoms with E-state index < -0.39 is 5.97 Å². The molecule has 0 saturated carbocycles. The van der Waals surface area contributed by atoms with E-state index in [-0.39, 0.29) is 0 Å². The molecule has 1 aliphatic rings. The summed E-state index contributed by atoms with van der Waals surface area (Å²) in [7, 11) is 1.32. The molecule has 2 rings (SSSR count). The first-order chi connectivity index (χ1) is 8.67. The molecule has 1 saturated heterocycles. The van der Waals surface area contributed by atoms with Crippen molar-refractivity contribution in [2.45, 2.75) is 19.8 Å². The molecule has 94 valence electrons. The topological polar surface area (TPSA) is 66.2 Å². The maximum atomic E-state index is 11.5. The number of nitriles is 1. The summed E-state index contributed by atoms with van der Waals surface area (Å²) in [6.07, 6.45) is 2.23. The average molecular weight is 245 g/mol. The molecule has 5 heteroatoms. The van der Waals surface area contributed by atoms with Gasteiger partial charge in [-0.15, -0.1) is 0 Å². The van der Waals surface area contributed by atoms with Gasteiger partial charge in [0, 0.05) is 13.1 Å². The Balaban J connectivity index is 2.46. The van der Waals surface area contributed by atoms with Crippen LogP contribution in [0, 0.1) is 18.3 Å². The van der Waals surface area contributed by atoms with E-state index in [1.165, 1.54) is 7.11 Å². The quantitative estimate of drug-likeness (QED) is 0.741. The highest BCUT2D eigenvalue weighted by Crippen LogP contribution is 2.24. The summed E-state index contributed by atoms with van der Waals surface area (Å²) in [6.45, 7) is 3.59. The van der Waals surface area contributed by atoms with Gasteiger partial charge in [-0.2, -0.15) is 5.26 Å². The van der Waals surface area contributed by atoms with Gasteiger partial charge < -0.3 is 9.64 Å². The Labute approximate surface area is 106 Å². The van der Waals surface area contributed by atoms with Crippen LogP contribution in [0.3, 0.4) is 0 Å². The Kier molecular flexibility index (Phi) is 3.47. The summed E-state index contributed by atoms with van der Waals surface area (Å²) in [5.41, 5.74) is 1.39. The predicted octanol–water partition coefficient (Wildman–Crippen LogP) is 1.65. The molecule has 0 radical (unpaired) electrons. The lowest BCUT2D eigenvalue weighted by Crippen LogP contribution is -2.21. The van der Waals surface area contributed by atoms with Gasteiger partial charge in [-0.25, -0.2) is 9.78 Å². The number of aryl methyl sites for hydroxylation is 1. The van der Waals surface area contributed by atoms with Gasteiger partial charge in [-0.05, 0) is 25.8 Å². The minimum atomic E-state index is -0.454. The molecule has 5 nitrogen and oxygen atoms in total. The average Bonchev–Trinajstić information content (AvgIpc) is 2.91. The summed E-state index contributed by atoms with van der Waals surface area (Å²) >= 11 is 0. The third-order valence-corrected chi connectivity index (χ3v) is 3.12. The van der Waals surface area contributed by atoms with Crippen LogP contribution in [0.2, 0.25) is 0 Å². The molecule has 0 aliphatic carbocycles. The zero-order chi connectivity index (χ0) is 13.1. The molecule has 0 bridgehead atoms. The summed E-state index contributed by atoms with van der Waals surface area (Å²) in [4.78, 5) is 18.0.